The van der Waals surface area contributed by atoms with E-state index < -0.39 is 0 Å². The van der Waals surface area contributed by atoms with Crippen molar-refractivity contribution in [3.05, 3.63) is 0 Å². The van der Waals surface area contributed by atoms with Crippen LogP contribution in [0.5, 0.6) is 0 Å². The van der Waals surface area contributed by atoms with Crippen molar-refractivity contribution in [2.24, 2.45) is 0 Å². The van der Waals surface area contributed by atoms with Gasteiger partial charge in [-0.05, 0) is 38.9 Å². The zero-order valence-electron chi connectivity index (χ0n) is 10.2. The molecule has 0 N–H and O–H groups in total. The lowest BCUT2D eigenvalue weighted by atomic mass is 10.1. The van der Waals surface area contributed by atoms with Gasteiger partial charge in [0.2, 0.25) is 5.91 Å². The molecule has 1 unspecified atom stereocenters. The normalized spacial score (nSPS) is 21.1. The van der Waals surface area contributed by atoms with Crippen molar-refractivity contribution in [2.75, 3.05) is 17.6 Å². The lowest BCUT2D eigenvalue weighted by Crippen LogP contribution is -2.43. The molecule has 0 radical (unpaired) electrons. The molecule has 94 valence electrons. The van der Waals surface area contributed by atoms with E-state index in [2.05, 4.69) is 29.8 Å². The van der Waals surface area contributed by atoms with E-state index >= 15 is 0 Å². The van der Waals surface area contributed by atoms with Crippen LogP contribution in [0.1, 0.15) is 39.5 Å². The van der Waals surface area contributed by atoms with E-state index in [1.165, 1.54) is 12.8 Å². The Bertz CT molecular complexity index is 217. The molecule has 0 saturated carbocycles. The average molecular weight is 308 g/mol. The van der Waals surface area contributed by atoms with Crippen molar-refractivity contribution < 1.29 is 4.79 Å². The molecule has 0 bridgehead atoms. The van der Waals surface area contributed by atoms with Gasteiger partial charge in [-0.15, -0.1) is 11.8 Å². The summed E-state index contributed by atoms with van der Waals surface area (Å²) in [7, 11) is 0. The highest BCUT2D eigenvalue weighted by molar-refractivity contribution is 9.09. The zero-order chi connectivity index (χ0) is 12.0. The minimum absolute atomic E-state index is 0.228. The monoisotopic (exact) mass is 307 g/mol. The van der Waals surface area contributed by atoms with Gasteiger partial charge >= 0.3 is 0 Å². The molecule has 1 saturated heterocycles. The fourth-order valence-corrected chi connectivity index (χ4v) is 3.49. The van der Waals surface area contributed by atoms with Gasteiger partial charge in [-0.25, -0.2) is 0 Å². The number of hydrogen-bond donors (Lipinski definition) is 0. The SMILES string of the molecule is CC(C)N(CCCBr)C(=O)C1CCCCS1. The van der Waals surface area contributed by atoms with Gasteiger partial charge in [-0.2, -0.15) is 0 Å². The second-order valence-corrected chi connectivity index (χ2v) is 6.63. The molecule has 1 fully saturated rings. The molecule has 0 aliphatic carbocycles. The summed E-state index contributed by atoms with van der Waals surface area (Å²) in [6.07, 6.45) is 4.60. The van der Waals surface area contributed by atoms with Crippen LogP contribution in [-0.4, -0.2) is 39.7 Å². The van der Waals surface area contributed by atoms with Gasteiger partial charge in [0.05, 0.1) is 5.25 Å². The first kappa shape index (κ1) is 14.4. The molecular weight excluding hydrogens is 286 g/mol. The first-order valence-electron chi connectivity index (χ1n) is 6.15. The third-order valence-electron chi connectivity index (χ3n) is 2.89. The van der Waals surface area contributed by atoms with Gasteiger partial charge in [0.15, 0.2) is 0 Å². The fourth-order valence-electron chi connectivity index (χ4n) is 1.97. The van der Waals surface area contributed by atoms with Gasteiger partial charge in [0.25, 0.3) is 0 Å². The molecule has 2 nitrogen and oxygen atoms in total. The number of halogens is 1. The number of thioether (sulfide) groups is 1. The maximum atomic E-state index is 12.3. The maximum absolute atomic E-state index is 12.3. The third-order valence-corrected chi connectivity index (χ3v) is 4.82. The lowest BCUT2D eigenvalue weighted by Gasteiger charge is -2.31. The van der Waals surface area contributed by atoms with Crippen molar-refractivity contribution >= 4 is 33.6 Å². The van der Waals surface area contributed by atoms with Gasteiger partial charge in [-0.3, -0.25) is 4.79 Å². The third kappa shape index (κ3) is 4.28. The first-order valence-corrected chi connectivity index (χ1v) is 8.32. The fraction of sp³-hybridized carbons (Fsp3) is 0.917. The lowest BCUT2D eigenvalue weighted by molar-refractivity contribution is -0.132. The smallest absolute Gasteiger partial charge is 0.235 e. The molecule has 1 amide bonds. The van der Waals surface area contributed by atoms with E-state index in [-0.39, 0.29) is 5.25 Å². The molecule has 0 aromatic rings. The zero-order valence-corrected chi connectivity index (χ0v) is 12.6. The van der Waals surface area contributed by atoms with Crippen molar-refractivity contribution in [2.45, 2.75) is 50.8 Å². The molecule has 1 heterocycles. The topological polar surface area (TPSA) is 20.3 Å². The van der Waals surface area contributed by atoms with Gasteiger partial charge < -0.3 is 4.90 Å². The Morgan fingerprint density at radius 3 is 2.75 bits per heavy atom. The second kappa shape index (κ2) is 7.59. The van der Waals surface area contributed by atoms with E-state index in [9.17, 15) is 4.79 Å². The minimum Gasteiger partial charge on any atom is -0.339 e. The Morgan fingerprint density at radius 2 is 2.25 bits per heavy atom. The summed E-state index contributed by atoms with van der Waals surface area (Å²) in [5.41, 5.74) is 0. The van der Waals surface area contributed by atoms with Crippen molar-refractivity contribution in [3.8, 4) is 0 Å². The van der Waals surface area contributed by atoms with Crippen LogP contribution < -0.4 is 0 Å². The highest BCUT2D eigenvalue weighted by atomic mass is 79.9. The number of rotatable bonds is 5. The number of alkyl halides is 1. The van der Waals surface area contributed by atoms with Crippen LogP contribution >= 0.6 is 27.7 Å². The highest BCUT2D eigenvalue weighted by Gasteiger charge is 2.27. The number of hydrogen-bond acceptors (Lipinski definition) is 2. The molecule has 4 heteroatoms. The quantitative estimate of drug-likeness (QED) is 0.726. The van der Waals surface area contributed by atoms with Gasteiger partial charge in [0.1, 0.15) is 0 Å². The largest absolute Gasteiger partial charge is 0.339 e. The van der Waals surface area contributed by atoms with Crippen molar-refractivity contribution in [1.29, 1.82) is 0 Å². The summed E-state index contributed by atoms with van der Waals surface area (Å²) in [5.74, 6) is 1.52. The summed E-state index contributed by atoms with van der Waals surface area (Å²) in [6.45, 7) is 5.11. The Morgan fingerprint density at radius 1 is 1.50 bits per heavy atom. The Hall–Kier alpha value is 0.300. The van der Waals surface area contributed by atoms with Crippen LogP contribution in [0.25, 0.3) is 0 Å². The van der Waals surface area contributed by atoms with Gasteiger partial charge in [0, 0.05) is 17.9 Å². The summed E-state index contributed by atoms with van der Waals surface area (Å²) in [4.78, 5) is 14.4. The molecule has 1 aliphatic heterocycles. The summed E-state index contributed by atoms with van der Waals surface area (Å²) in [6, 6.07) is 0.328. The van der Waals surface area contributed by atoms with Crippen LogP contribution in [0.15, 0.2) is 0 Å². The van der Waals surface area contributed by atoms with Crippen molar-refractivity contribution in [1.82, 2.24) is 4.90 Å². The highest BCUT2D eigenvalue weighted by Crippen LogP contribution is 2.27. The molecule has 1 rings (SSSR count). The molecular formula is C12H22BrNOS. The van der Waals surface area contributed by atoms with Crippen LogP contribution in [0.4, 0.5) is 0 Å². The summed E-state index contributed by atoms with van der Waals surface area (Å²) in [5, 5.41) is 1.20. The molecule has 1 aliphatic rings. The Kier molecular flexibility index (Phi) is 6.81. The van der Waals surface area contributed by atoms with Crippen LogP contribution in [0, 0.1) is 0 Å². The standard InChI is InChI=1S/C12H22BrNOS/c1-10(2)14(8-5-7-13)12(15)11-6-3-4-9-16-11/h10-11H,3-9H2,1-2H3. The van der Waals surface area contributed by atoms with Crippen molar-refractivity contribution in [3.63, 3.8) is 0 Å². The minimum atomic E-state index is 0.228. The molecule has 0 aromatic carbocycles. The van der Waals surface area contributed by atoms with Crippen LogP contribution in [0.3, 0.4) is 0 Å². The Balaban J connectivity index is 2.51. The molecule has 0 spiro atoms. The summed E-state index contributed by atoms with van der Waals surface area (Å²) < 4.78 is 0. The predicted molar refractivity (Wildman–Crippen MR) is 75.4 cm³/mol. The molecule has 16 heavy (non-hydrogen) atoms. The molecule has 0 aromatic heterocycles. The maximum Gasteiger partial charge on any atom is 0.235 e. The van der Waals surface area contributed by atoms with E-state index in [1.807, 2.05) is 16.7 Å². The Labute approximate surface area is 112 Å². The second-order valence-electron chi connectivity index (χ2n) is 4.52. The van der Waals surface area contributed by atoms with E-state index in [0.717, 1.165) is 30.5 Å². The predicted octanol–water partition coefficient (Wildman–Crippen LogP) is 3.29. The van der Waals surface area contributed by atoms with E-state index in [4.69, 9.17) is 0 Å². The number of carbonyl (C=O) groups excluding carboxylic acids is 1. The number of nitrogens with zero attached hydrogens (tertiary/aromatic N) is 1. The summed E-state index contributed by atoms with van der Waals surface area (Å²) >= 11 is 5.28. The number of amides is 1. The van der Waals surface area contributed by atoms with Crippen LogP contribution in [0.2, 0.25) is 0 Å². The van der Waals surface area contributed by atoms with E-state index in [0.29, 0.717) is 11.9 Å². The first-order chi connectivity index (χ1) is 7.66. The molecule has 1 atom stereocenters. The number of carbonyl (C=O) groups is 1. The average Bonchev–Trinajstić information content (AvgIpc) is 2.30. The van der Waals surface area contributed by atoms with Gasteiger partial charge in [-0.1, -0.05) is 22.4 Å². The van der Waals surface area contributed by atoms with E-state index in [1.54, 1.807) is 0 Å². The van der Waals surface area contributed by atoms with Crippen LogP contribution in [-0.2, 0) is 4.79 Å².